The Labute approximate surface area is 220 Å². The molecule has 8 heteroatoms. The van der Waals surface area contributed by atoms with Crippen LogP contribution >= 0.6 is 0 Å². The summed E-state index contributed by atoms with van der Waals surface area (Å²) in [4.78, 5) is 58.3. The van der Waals surface area contributed by atoms with E-state index in [4.69, 9.17) is 4.74 Å². The quantitative estimate of drug-likeness (QED) is 0.368. The number of ether oxygens (including phenoxy) is 1. The van der Waals surface area contributed by atoms with Crippen molar-refractivity contribution >= 4 is 23.7 Å². The Kier molecular flexibility index (Phi) is 7.72. The minimum Gasteiger partial charge on any atom is -0.465 e. The summed E-state index contributed by atoms with van der Waals surface area (Å²) in [5, 5.41) is 0. The summed E-state index contributed by atoms with van der Waals surface area (Å²) in [6.07, 6.45) is 13.5. The van der Waals surface area contributed by atoms with Crippen molar-refractivity contribution in [3.63, 3.8) is 0 Å². The predicted molar refractivity (Wildman–Crippen MR) is 138 cm³/mol. The van der Waals surface area contributed by atoms with Crippen molar-refractivity contribution in [1.82, 2.24) is 14.7 Å². The minimum atomic E-state index is -0.842. The Balaban J connectivity index is 1.29. The maximum atomic E-state index is 13.8. The van der Waals surface area contributed by atoms with Crippen molar-refractivity contribution in [3.8, 4) is 0 Å². The lowest BCUT2D eigenvalue weighted by Crippen LogP contribution is -2.54. The third-order valence-electron chi connectivity index (χ3n) is 8.90. The van der Waals surface area contributed by atoms with Crippen molar-refractivity contribution in [2.24, 2.45) is 17.3 Å². The first-order chi connectivity index (χ1) is 17.9. The van der Waals surface area contributed by atoms with Gasteiger partial charge in [0.2, 0.25) is 17.7 Å². The Morgan fingerprint density at radius 3 is 2.46 bits per heavy atom. The van der Waals surface area contributed by atoms with Gasteiger partial charge in [-0.05, 0) is 71.1 Å². The molecule has 37 heavy (non-hydrogen) atoms. The summed E-state index contributed by atoms with van der Waals surface area (Å²) >= 11 is 0. The zero-order valence-corrected chi connectivity index (χ0v) is 22.2. The maximum Gasteiger partial charge on any atom is 0.318 e. The molecule has 0 radical (unpaired) electrons. The Hall–Kier alpha value is -2.64. The van der Waals surface area contributed by atoms with Gasteiger partial charge in [-0.2, -0.15) is 0 Å². The van der Waals surface area contributed by atoms with E-state index >= 15 is 0 Å². The van der Waals surface area contributed by atoms with Gasteiger partial charge in [0.1, 0.15) is 5.41 Å². The van der Waals surface area contributed by atoms with E-state index in [2.05, 4.69) is 6.08 Å². The highest BCUT2D eigenvalue weighted by Crippen LogP contribution is 2.51. The maximum absolute atomic E-state index is 13.8. The second-order valence-corrected chi connectivity index (χ2v) is 11.4. The number of rotatable bonds is 8. The third kappa shape index (κ3) is 5.34. The van der Waals surface area contributed by atoms with Crippen LogP contribution in [0.4, 0.5) is 0 Å². The Morgan fingerprint density at radius 1 is 1.03 bits per heavy atom. The van der Waals surface area contributed by atoms with E-state index < -0.39 is 11.3 Å². The molecule has 3 fully saturated rings. The fraction of sp³-hybridized carbons (Fsp3) is 0.724. The second-order valence-electron chi connectivity index (χ2n) is 11.4. The van der Waals surface area contributed by atoms with Crippen LogP contribution in [-0.4, -0.2) is 77.7 Å². The summed E-state index contributed by atoms with van der Waals surface area (Å²) in [5.74, 6) is -0.506. The average molecular weight is 512 g/mol. The van der Waals surface area contributed by atoms with Gasteiger partial charge in [-0.15, -0.1) is 0 Å². The first-order valence-electron chi connectivity index (χ1n) is 14.4. The first-order valence-corrected chi connectivity index (χ1v) is 14.4. The number of hydrogen-bond donors (Lipinski definition) is 0. The Bertz CT molecular complexity index is 992. The van der Waals surface area contributed by atoms with E-state index in [0.29, 0.717) is 52.2 Å². The lowest BCUT2D eigenvalue weighted by Gasteiger charge is -2.44. The largest absolute Gasteiger partial charge is 0.465 e. The van der Waals surface area contributed by atoms with Crippen molar-refractivity contribution < 1.29 is 23.9 Å². The van der Waals surface area contributed by atoms with Crippen LogP contribution in [-0.2, 0) is 23.9 Å². The zero-order valence-electron chi connectivity index (χ0n) is 22.2. The van der Waals surface area contributed by atoms with Crippen LogP contribution in [0.3, 0.4) is 0 Å². The van der Waals surface area contributed by atoms with E-state index in [9.17, 15) is 19.2 Å². The SMILES string of the molecule is CCOC(=O)[C@]12CCC=C1N(CCC1=CCCCC1)C(=O)[C@H](CC(=O)N1CCN(C(=O)C3CC3)CC1)C2. The fourth-order valence-corrected chi connectivity index (χ4v) is 6.64. The topological polar surface area (TPSA) is 87.2 Å². The van der Waals surface area contributed by atoms with Gasteiger partial charge < -0.3 is 19.4 Å². The number of carbonyl (C=O) groups excluding carboxylic acids is 4. The molecule has 0 unspecified atom stereocenters. The zero-order chi connectivity index (χ0) is 26.0. The van der Waals surface area contributed by atoms with Crippen LogP contribution < -0.4 is 0 Å². The van der Waals surface area contributed by atoms with E-state index in [1.165, 1.54) is 18.4 Å². The molecule has 0 spiro atoms. The highest BCUT2D eigenvalue weighted by Gasteiger charge is 2.55. The molecule has 2 atom stereocenters. The molecule has 2 heterocycles. The fourth-order valence-electron chi connectivity index (χ4n) is 6.64. The molecule has 5 aliphatic rings. The number of carbonyl (C=O) groups is 4. The normalized spacial score (nSPS) is 28.0. The van der Waals surface area contributed by atoms with Crippen LogP contribution in [0.1, 0.15) is 77.6 Å². The molecular weight excluding hydrogens is 470 g/mol. The summed E-state index contributed by atoms with van der Waals surface area (Å²) in [6.45, 7) is 4.77. The first kappa shape index (κ1) is 26.0. The number of likely N-dealkylation sites (tertiary alicyclic amines) is 1. The van der Waals surface area contributed by atoms with Crippen molar-refractivity contribution in [3.05, 3.63) is 23.4 Å². The van der Waals surface area contributed by atoms with Crippen LogP contribution in [0.25, 0.3) is 0 Å². The molecule has 0 aromatic heterocycles. The molecule has 8 nitrogen and oxygen atoms in total. The number of piperazine rings is 1. The van der Waals surface area contributed by atoms with Gasteiger partial charge in [0.05, 0.1) is 6.61 Å². The van der Waals surface area contributed by atoms with E-state index in [1.54, 1.807) is 4.90 Å². The van der Waals surface area contributed by atoms with E-state index in [0.717, 1.165) is 44.2 Å². The van der Waals surface area contributed by atoms with Gasteiger partial charge in [-0.1, -0.05) is 17.7 Å². The lowest BCUT2D eigenvalue weighted by atomic mass is 9.71. The molecule has 202 valence electrons. The summed E-state index contributed by atoms with van der Waals surface area (Å²) in [5.41, 5.74) is 1.34. The van der Waals surface area contributed by atoms with E-state index in [1.807, 2.05) is 22.8 Å². The van der Waals surface area contributed by atoms with Crippen molar-refractivity contribution in [2.75, 3.05) is 39.3 Å². The highest BCUT2D eigenvalue weighted by atomic mass is 16.5. The summed E-state index contributed by atoms with van der Waals surface area (Å²) in [7, 11) is 0. The standard InChI is InChI=1S/C29H41N3O5/c1-2-37-28(36)29-13-6-9-24(29)32(14-12-21-7-4-3-5-8-21)27(35)23(20-29)19-25(33)30-15-17-31(18-16-30)26(34)22-10-11-22/h7,9,22-23H,2-6,8,10-20H2,1H3/t23-,29+/m1/s1. The second kappa shape index (κ2) is 11.0. The highest BCUT2D eigenvalue weighted by molar-refractivity contribution is 5.92. The van der Waals surface area contributed by atoms with Gasteiger partial charge in [-0.25, -0.2) is 0 Å². The number of fused-ring (bicyclic) bond motifs is 1. The smallest absolute Gasteiger partial charge is 0.318 e. The monoisotopic (exact) mass is 511 g/mol. The predicted octanol–water partition coefficient (Wildman–Crippen LogP) is 3.42. The van der Waals surface area contributed by atoms with Crippen molar-refractivity contribution in [2.45, 2.75) is 77.6 Å². The van der Waals surface area contributed by atoms with Gasteiger partial charge in [-0.3, -0.25) is 19.2 Å². The molecule has 2 saturated heterocycles. The van der Waals surface area contributed by atoms with Gasteiger partial charge in [0.25, 0.3) is 0 Å². The number of amides is 3. The van der Waals surface area contributed by atoms with Crippen LogP contribution in [0, 0.1) is 17.3 Å². The molecule has 0 aromatic carbocycles. The number of esters is 1. The number of piperidine rings is 1. The summed E-state index contributed by atoms with van der Waals surface area (Å²) in [6, 6.07) is 0. The third-order valence-corrected chi connectivity index (χ3v) is 8.90. The minimum absolute atomic E-state index is 0.0413. The lowest BCUT2D eigenvalue weighted by molar-refractivity contribution is -0.161. The average Bonchev–Trinajstić information content (AvgIpc) is 3.68. The molecular formula is C29H41N3O5. The Morgan fingerprint density at radius 2 is 1.78 bits per heavy atom. The number of hydrogen-bond acceptors (Lipinski definition) is 5. The van der Waals surface area contributed by atoms with E-state index in [-0.39, 0.29) is 36.0 Å². The van der Waals surface area contributed by atoms with Gasteiger partial charge in [0, 0.05) is 56.7 Å². The van der Waals surface area contributed by atoms with Gasteiger partial charge >= 0.3 is 5.97 Å². The van der Waals surface area contributed by atoms with Crippen LogP contribution in [0.2, 0.25) is 0 Å². The van der Waals surface area contributed by atoms with Crippen LogP contribution in [0.15, 0.2) is 23.4 Å². The number of nitrogens with zero attached hydrogens (tertiary/aromatic N) is 3. The molecule has 3 aliphatic carbocycles. The molecule has 1 saturated carbocycles. The molecule has 2 aliphatic heterocycles. The van der Waals surface area contributed by atoms with Crippen LogP contribution in [0.5, 0.6) is 0 Å². The molecule has 0 N–H and O–H groups in total. The summed E-state index contributed by atoms with van der Waals surface area (Å²) < 4.78 is 5.53. The number of allylic oxidation sites excluding steroid dienone is 2. The van der Waals surface area contributed by atoms with Gasteiger partial charge in [0.15, 0.2) is 0 Å². The van der Waals surface area contributed by atoms with Crippen molar-refractivity contribution in [1.29, 1.82) is 0 Å². The molecule has 5 rings (SSSR count). The molecule has 3 amide bonds. The molecule has 0 bridgehead atoms. The molecule has 0 aromatic rings.